The van der Waals surface area contributed by atoms with Gasteiger partial charge in [-0.3, -0.25) is 19.4 Å². The molecule has 2 saturated heterocycles. The van der Waals surface area contributed by atoms with Crippen LogP contribution in [0.5, 0.6) is 0 Å². The lowest BCUT2D eigenvalue weighted by molar-refractivity contribution is -0.102. The van der Waals surface area contributed by atoms with Gasteiger partial charge in [-0.15, -0.1) is 0 Å². The van der Waals surface area contributed by atoms with Crippen molar-refractivity contribution in [1.29, 1.82) is 0 Å². The lowest BCUT2D eigenvalue weighted by Gasteiger charge is -2.61. The molecule has 7 nitrogen and oxygen atoms in total. The maximum atomic E-state index is 12.8. The molecular formula is C28H42N4O3. The zero-order chi connectivity index (χ0) is 24.2. The molecule has 7 heteroatoms. The van der Waals surface area contributed by atoms with Crippen LogP contribution in [0.15, 0.2) is 16.9 Å². The van der Waals surface area contributed by atoms with Crippen molar-refractivity contribution in [2.24, 2.45) is 17.8 Å². The molecule has 3 heterocycles. The Hall–Kier alpha value is -1.70. The number of hydrogen-bond donors (Lipinski definition) is 2. The van der Waals surface area contributed by atoms with Crippen LogP contribution in [0.25, 0.3) is 0 Å². The Morgan fingerprint density at radius 3 is 2.29 bits per heavy atom. The van der Waals surface area contributed by atoms with Crippen molar-refractivity contribution in [2.45, 2.75) is 88.9 Å². The van der Waals surface area contributed by atoms with Gasteiger partial charge >= 0.3 is 0 Å². The highest BCUT2D eigenvalue weighted by atomic mass is 16.5. The average Bonchev–Trinajstić information content (AvgIpc) is 2.78. The summed E-state index contributed by atoms with van der Waals surface area (Å²) in [6.07, 6.45) is 10.3. The normalized spacial score (nSPS) is 36.9. The van der Waals surface area contributed by atoms with Gasteiger partial charge in [0.25, 0.3) is 11.5 Å². The summed E-state index contributed by atoms with van der Waals surface area (Å²) < 4.78 is 5.73. The fourth-order valence-electron chi connectivity index (χ4n) is 8.48. The van der Waals surface area contributed by atoms with Crippen molar-refractivity contribution in [2.75, 3.05) is 32.8 Å². The molecule has 2 N–H and O–H groups in total. The molecule has 1 atom stereocenters. The van der Waals surface area contributed by atoms with Gasteiger partial charge in [0.2, 0.25) is 0 Å². The number of pyridine rings is 1. The maximum Gasteiger partial charge on any atom is 0.261 e. The Bertz CT molecular complexity index is 974. The number of aromatic amines is 1. The number of carbonyl (C=O) groups is 1. The molecule has 7 rings (SSSR count). The largest absolute Gasteiger partial charge is 0.375 e. The third kappa shape index (κ3) is 4.84. The molecule has 192 valence electrons. The average molecular weight is 483 g/mol. The van der Waals surface area contributed by atoms with Crippen LogP contribution in [0, 0.1) is 17.8 Å². The van der Waals surface area contributed by atoms with Crippen molar-refractivity contribution in [3.8, 4) is 0 Å². The molecule has 0 spiro atoms. The van der Waals surface area contributed by atoms with Gasteiger partial charge in [-0.25, -0.2) is 0 Å². The Morgan fingerprint density at radius 1 is 1.03 bits per heavy atom. The van der Waals surface area contributed by atoms with Gasteiger partial charge < -0.3 is 15.0 Å². The molecule has 1 aromatic heterocycles. The van der Waals surface area contributed by atoms with E-state index in [1.807, 2.05) is 19.9 Å². The topological polar surface area (TPSA) is 77.7 Å². The molecule has 0 aromatic carbocycles. The number of nitrogens with zero attached hydrogens (tertiary/aromatic N) is 2. The van der Waals surface area contributed by atoms with E-state index in [9.17, 15) is 9.59 Å². The van der Waals surface area contributed by atoms with Gasteiger partial charge in [-0.1, -0.05) is 0 Å². The number of amides is 1. The van der Waals surface area contributed by atoms with Crippen molar-refractivity contribution >= 4 is 5.91 Å². The number of aromatic nitrogens is 1. The van der Waals surface area contributed by atoms with Crippen molar-refractivity contribution < 1.29 is 9.53 Å². The molecule has 1 amide bonds. The fourth-order valence-corrected chi connectivity index (χ4v) is 8.48. The van der Waals surface area contributed by atoms with Crippen molar-refractivity contribution in [3.63, 3.8) is 0 Å². The van der Waals surface area contributed by atoms with E-state index in [1.165, 1.54) is 38.5 Å². The van der Waals surface area contributed by atoms with Crippen LogP contribution in [-0.4, -0.2) is 70.7 Å². The van der Waals surface area contributed by atoms with Gasteiger partial charge in [-0.05, 0) is 95.1 Å². The van der Waals surface area contributed by atoms with Gasteiger partial charge in [0.05, 0.1) is 5.60 Å². The van der Waals surface area contributed by atoms with E-state index in [1.54, 1.807) is 6.07 Å². The number of rotatable bonds is 5. The SMILES string of the molecule is CC1(C)CC(NC(=O)c2ccc(CN3CCN(C45CC6CC(CC(C6)C4)C5)CC3)[nH]c2=O)CCO1. The molecule has 2 aliphatic heterocycles. The van der Waals surface area contributed by atoms with Crippen LogP contribution < -0.4 is 10.9 Å². The first kappa shape index (κ1) is 23.7. The Labute approximate surface area is 209 Å². The van der Waals surface area contributed by atoms with Crippen molar-refractivity contribution in [3.05, 3.63) is 33.7 Å². The lowest BCUT2D eigenvalue weighted by Crippen LogP contribution is -2.63. The number of ether oxygens (including phenoxy) is 1. The van der Waals surface area contributed by atoms with Crippen LogP contribution in [0.4, 0.5) is 0 Å². The minimum atomic E-state index is -0.293. The summed E-state index contributed by atoms with van der Waals surface area (Å²) in [5.41, 5.74) is 1.04. The van der Waals surface area contributed by atoms with E-state index < -0.39 is 0 Å². The van der Waals surface area contributed by atoms with E-state index in [4.69, 9.17) is 4.74 Å². The Kier molecular flexibility index (Phi) is 6.09. The first-order valence-electron chi connectivity index (χ1n) is 13.9. The first-order valence-corrected chi connectivity index (χ1v) is 13.9. The number of H-pyrrole nitrogens is 1. The highest BCUT2D eigenvalue weighted by molar-refractivity contribution is 5.94. The van der Waals surface area contributed by atoms with Crippen LogP contribution in [0.3, 0.4) is 0 Å². The fraction of sp³-hybridized carbons (Fsp3) is 0.786. The van der Waals surface area contributed by atoms with Gasteiger partial charge in [0.1, 0.15) is 5.56 Å². The van der Waals surface area contributed by atoms with Crippen LogP contribution in [-0.2, 0) is 11.3 Å². The summed E-state index contributed by atoms with van der Waals surface area (Å²) >= 11 is 0. The van der Waals surface area contributed by atoms with Crippen molar-refractivity contribution in [1.82, 2.24) is 20.1 Å². The zero-order valence-electron chi connectivity index (χ0n) is 21.5. The second-order valence-corrected chi connectivity index (χ2v) is 12.9. The third-order valence-corrected chi connectivity index (χ3v) is 9.69. The number of carbonyl (C=O) groups excluding carboxylic acids is 1. The zero-order valence-corrected chi connectivity index (χ0v) is 21.5. The Balaban J connectivity index is 1.03. The first-order chi connectivity index (χ1) is 16.8. The summed E-state index contributed by atoms with van der Waals surface area (Å²) in [6, 6.07) is 3.64. The lowest BCUT2D eigenvalue weighted by atomic mass is 9.52. The molecule has 1 unspecified atom stereocenters. The predicted molar refractivity (Wildman–Crippen MR) is 135 cm³/mol. The quantitative estimate of drug-likeness (QED) is 0.674. The molecular weight excluding hydrogens is 440 g/mol. The minimum absolute atomic E-state index is 0.0376. The second-order valence-electron chi connectivity index (χ2n) is 12.9. The molecule has 35 heavy (non-hydrogen) atoms. The van der Waals surface area contributed by atoms with E-state index in [2.05, 4.69) is 20.1 Å². The summed E-state index contributed by atoms with van der Waals surface area (Å²) in [6.45, 7) is 9.81. The molecule has 1 aromatic rings. The highest BCUT2D eigenvalue weighted by Crippen LogP contribution is 2.57. The van der Waals surface area contributed by atoms with Gasteiger partial charge in [0, 0.05) is 56.6 Å². The van der Waals surface area contributed by atoms with E-state index in [0.717, 1.165) is 69.0 Å². The third-order valence-electron chi connectivity index (χ3n) is 9.69. The van der Waals surface area contributed by atoms with E-state index >= 15 is 0 Å². The van der Waals surface area contributed by atoms with Crippen LogP contribution in [0.2, 0.25) is 0 Å². The highest BCUT2D eigenvalue weighted by Gasteiger charge is 2.53. The number of piperazine rings is 1. The minimum Gasteiger partial charge on any atom is -0.375 e. The molecule has 6 aliphatic rings. The van der Waals surface area contributed by atoms with Crippen LogP contribution >= 0.6 is 0 Å². The van der Waals surface area contributed by atoms with E-state index in [-0.39, 0.29) is 28.7 Å². The summed E-state index contributed by atoms with van der Waals surface area (Å²) in [4.78, 5) is 33.8. The molecule has 4 aliphatic carbocycles. The number of nitrogens with one attached hydrogen (secondary N) is 2. The smallest absolute Gasteiger partial charge is 0.261 e. The van der Waals surface area contributed by atoms with E-state index in [0.29, 0.717) is 12.1 Å². The standard InChI is InChI=1S/C28H42N4O3/c1-27(2)17-22(5-10-35-27)29-25(33)24-4-3-23(30-26(24)34)18-31-6-8-32(9-7-31)28-14-19-11-20(15-28)13-21(12-19)16-28/h3-4,19-22H,5-18H2,1-2H3,(H,29,33)(H,30,34). The molecule has 4 saturated carbocycles. The number of hydrogen-bond acceptors (Lipinski definition) is 5. The van der Waals surface area contributed by atoms with Gasteiger partial charge in [-0.2, -0.15) is 0 Å². The van der Waals surface area contributed by atoms with Crippen LogP contribution in [0.1, 0.15) is 81.3 Å². The molecule has 4 bridgehead atoms. The summed E-state index contributed by atoms with van der Waals surface area (Å²) in [5.74, 6) is 2.67. The Morgan fingerprint density at radius 2 is 1.69 bits per heavy atom. The molecule has 0 radical (unpaired) electrons. The summed E-state index contributed by atoms with van der Waals surface area (Å²) in [7, 11) is 0. The monoisotopic (exact) mass is 482 g/mol. The molecule has 6 fully saturated rings. The maximum absolute atomic E-state index is 12.8. The summed E-state index contributed by atoms with van der Waals surface area (Å²) in [5, 5.41) is 3.04. The van der Waals surface area contributed by atoms with Gasteiger partial charge in [0.15, 0.2) is 0 Å². The second kappa shape index (κ2) is 9.00. The predicted octanol–water partition coefficient (Wildman–Crippen LogP) is 3.15.